The summed E-state index contributed by atoms with van der Waals surface area (Å²) in [6, 6.07) is 15.7. The molecule has 3 heterocycles. The second kappa shape index (κ2) is 9.33. The minimum absolute atomic E-state index is 0.154. The van der Waals surface area contributed by atoms with Crippen molar-refractivity contribution in [3.8, 4) is 0 Å². The van der Waals surface area contributed by atoms with Crippen molar-refractivity contribution in [3.05, 3.63) is 54.1 Å². The van der Waals surface area contributed by atoms with E-state index in [1.807, 2.05) is 48.5 Å². The van der Waals surface area contributed by atoms with E-state index in [2.05, 4.69) is 39.0 Å². The maximum absolute atomic E-state index is 13.3. The second-order valence-corrected chi connectivity index (χ2v) is 8.97. The molecule has 8 nitrogen and oxygen atoms in total. The summed E-state index contributed by atoms with van der Waals surface area (Å²) in [7, 11) is 4.28. The summed E-state index contributed by atoms with van der Waals surface area (Å²) >= 11 is 0. The minimum atomic E-state index is -0.154. The van der Waals surface area contributed by atoms with E-state index < -0.39 is 0 Å². The van der Waals surface area contributed by atoms with Gasteiger partial charge in [0.1, 0.15) is 11.6 Å². The van der Waals surface area contributed by atoms with Crippen LogP contribution in [0.15, 0.2) is 48.5 Å². The molecular weight excluding hydrogens is 414 g/mol. The van der Waals surface area contributed by atoms with Gasteiger partial charge in [-0.15, -0.1) is 0 Å². The van der Waals surface area contributed by atoms with Gasteiger partial charge in [-0.1, -0.05) is 36.4 Å². The summed E-state index contributed by atoms with van der Waals surface area (Å²) in [4.78, 5) is 32.1. The number of nitrogens with zero attached hydrogens (tertiary/aromatic N) is 6. The Morgan fingerprint density at radius 3 is 2.15 bits per heavy atom. The van der Waals surface area contributed by atoms with E-state index in [0.717, 1.165) is 68.9 Å². The zero-order chi connectivity index (χ0) is 22.8. The lowest BCUT2D eigenvalue weighted by Crippen LogP contribution is -2.46. The number of anilines is 3. The average molecular weight is 446 g/mol. The van der Waals surface area contributed by atoms with E-state index >= 15 is 0 Å². The first-order valence-electron chi connectivity index (χ1n) is 11.6. The fourth-order valence-electron chi connectivity index (χ4n) is 4.44. The van der Waals surface area contributed by atoms with Crippen LogP contribution in [0.4, 0.5) is 17.6 Å². The maximum atomic E-state index is 13.3. The van der Waals surface area contributed by atoms with Crippen LogP contribution in [0.5, 0.6) is 0 Å². The van der Waals surface area contributed by atoms with Gasteiger partial charge in [-0.05, 0) is 30.9 Å². The number of benzene rings is 2. The number of likely N-dealkylation sites (N-methyl/N-ethyl adjacent to an activating group) is 2. The molecule has 0 spiro atoms. The van der Waals surface area contributed by atoms with Gasteiger partial charge in [0, 0.05) is 64.0 Å². The third-order valence-corrected chi connectivity index (χ3v) is 6.59. The monoisotopic (exact) mass is 445 g/mol. The van der Waals surface area contributed by atoms with Crippen molar-refractivity contribution in [1.82, 2.24) is 19.8 Å². The van der Waals surface area contributed by atoms with E-state index in [-0.39, 0.29) is 5.91 Å². The van der Waals surface area contributed by atoms with Gasteiger partial charge < -0.3 is 24.9 Å². The molecule has 2 saturated heterocycles. The quantitative estimate of drug-likeness (QED) is 0.661. The van der Waals surface area contributed by atoms with Gasteiger partial charge in [-0.25, -0.2) is 0 Å². The van der Waals surface area contributed by atoms with Crippen LogP contribution in [-0.4, -0.2) is 92.1 Å². The lowest BCUT2D eigenvalue weighted by atomic mass is 10.0. The molecule has 1 aromatic heterocycles. The van der Waals surface area contributed by atoms with Crippen molar-refractivity contribution < 1.29 is 4.79 Å². The molecule has 0 saturated carbocycles. The largest absolute Gasteiger partial charge is 0.354 e. The Balaban J connectivity index is 1.45. The van der Waals surface area contributed by atoms with E-state index in [1.54, 1.807) is 0 Å². The Kier molecular flexibility index (Phi) is 6.11. The number of rotatable bonds is 4. The molecule has 0 aliphatic carbocycles. The summed E-state index contributed by atoms with van der Waals surface area (Å²) in [5, 5.41) is 5.04. The first kappa shape index (κ1) is 21.6. The summed E-state index contributed by atoms with van der Waals surface area (Å²) in [6.45, 7) is 7.49. The van der Waals surface area contributed by atoms with Gasteiger partial charge in [0.05, 0.1) is 0 Å². The maximum Gasteiger partial charge on any atom is 0.257 e. The molecule has 1 N–H and O–H groups in total. The fraction of sp³-hybridized carbons (Fsp3) is 0.400. The first-order valence-corrected chi connectivity index (χ1v) is 11.6. The number of nitrogens with one attached hydrogen (secondary N) is 1. The van der Waals surface area contributed by atoms with Crippen molar-refractivity contribution in [2.45, 2.75) is 0 Å². The van der Waals surface area contributed by atoms with Crippen molar-refractivity contribution in [2.75, 3.05) is 81.6 Å². The van der Waals surface area contributed by atoms with Crippen molar-refractivity contribution in [1.29, 1.82) is 0 Å². The first-order chi connectivity index (χ1) is 16.1. The molecule has 33 heavy (non-hydrogen) atoms. The predicted octanol–water partition coefficient (Wildman–Crippen LogP) is 2.39. The van der Waals surface area contributed by atoms with Crippen LogP contribution in [0, 0.1) is 0 Å². The smallest absolute Gasteiger partial charge is 0.257 e. The highest BCUT2D eigenvalue weighted by Gasteiger charge is 2.22. The Morgan fingerprint density at radius 1 is 0.788 bits per heavy atom. The van der Waals surface area contributed by atoms with E-state index in [4.69, 9.17) is 9.97 Å². The number of hydrogen-bond donors (Lipinski definition) is 1. The van der Waals surface area contributed by atoms with Crippen molar-refractivity contribution in [2.24, 2.45) is 0 Å². The molecule has 0 atom stereocenters. The van der Waals surface area contributed by atoms with Crippen molar-refractivity contribution >= 4 is 34.3 Å². The van der Waals surface area contributed by atoms with Crippen LogP contribution in [0.1, 0.15) is 10.4 Å². The van der Waals surface area contributed by atoms with Gasteiger partial charge in [0.25, 0.3) is 5.91 Å². The Morgan fingerprint density at radius 2 is 1.42 bits per heavy atom. The van der Waals surface area contributed by atoms with Crippen molar-refractivity contribution in [3.63, 3.8) is 0 Å². The standard InChI is InChI=1S/C25H31N7O/c1-29-10-14-31(15-11-29)23-18-22(27-25(28-23)32-16-12-30(2)13-17-32)26-24(33)21-9-5-7-19-6-3-4-8-20(19)21/h3-9,18H,10-17H2,1-2H3,(H,26,27,28,33). The van der Waals surface area contributed by atoms with E-state index in [0.29, 0.717) is 17.3 Å². The molecule has 8 heteroatoms. The second-order valence-electron chi connectivity index (χ2n) is 8.97. The number of amides is 1. The topological polar surface area (TPSA) is 67.8 Å². The van der Waals surface area contributed by atoms with Crippen LogP contribution in [0.3, 0.4) is 0 Å². The number of aromatic nitrogens is 2. The number of piperazine rings is 2. The predicted molar refractivity (Wildman–Crippen MR) is 133 cm³/mol. The van der Waals surface area contributed by atoms with Gasteiger partial charge >= 0.3 is 0 Å². The minimum Gasteiger partial charge on any atom is -0.354 e. The highest BCUT2D eigenvalue weighted by molar-refractivity contribution is 6.12. The molecule has 172 valence electrons. The molecule has 2 aliphatic rings. The summed E-state index contributed by atoms with van der Waals surface area (Å²) in [5.41, 5.74) is 0.647. The molecule has 2 aliphatic heterocycles. The lowest BCUT2D eigenvalue weighted by molar-refractivity contribution is 0.102. The Labute approximate surface area is 194 Å². The Bertz CT molecular complexity index is 1090. The molecule has 0 bridgehead atoms. The van der Waals surface area contributed by atoms with Gasteiger partial charge in [-0.3, -0.25) is 4.79 Å². The number of hydrogen-bond acceptors (Lipinski definition) is 7. The zero-order valence-electron chi connectivity index (χ0n) is 19.4. The normalized spacial score (nSPS) is 18.0. The highest BCUT2D eigenvalue weighted by atomic mass is 16.1. The summed E-state index contributed by atoms with van der Waals surface area (Å²) < 4.78 is 0. The van der Waals surface area contributed by atoms with Crippen LogP contribution >= 0.6 is 0 Å². The van der Waals surface area contributed by atoms with Crippen LogP contribution < -0.4 is 15.1 Å². The van der Waals surface area contributed by atoms with E-state index in [1.165, 1.54) is 0 Å². The Hall–Kier alpha value is -3.23. The summed E-state index contributed by atoms with van der Waals surface area (Å²) in [6.07, 6.45) is 0. The molecule has 2 fully saturated rings. The molecule has 1 amide bonds. The SMILES string of the molecule is CN1CCN(c2cc(NC(=O)c3cccc4ccccc34)nc(N3CCN(C)CC3)n2)CC1. The number of carbonyl (C=O) groups is 1. The average Bonchev–Trinajstić information content (AvgIpc) is 2.84. The van der Waals surface area contributed by atoms with Gasteiger partial charge in [0.15, 0.2) is 0 Å². The summed E-state index contributed by atoms with van der Waals surface area (Å²) in [5.74, 6) is 1.96. The molecule has 0 unspecified atom stereocenters. The fourth-order valence-corrected chi connectivity index (χ4v) is 4.44. The lowest BCUT2D eigenvalue weighted by Gasteiger charge is -2.35. The van der Waals surface area contributed by atoms with Crippen LogP contribution in [0.25, 0.3) is 10.8 Å². The molecule has 0 radical (unpaired) electrons. The third kappa shape index (κ3) is 4.77. The molecule has 2 aromatic carbocycles. The van der Waals surface area contributed by atoms with Gasteiger partial charge in [0.2, 0.25) is 5.95 Å². The number of carbonyl (C=O) groups excluding carboxylic acids is 1. The van der Waals surface area contributed by atoms with Crippen LogP contribution in [0.2, 0.25) is 0 Å². The zero-order valence-corrected chi connectivity index (χ0v) is 19.4. The van der Waals surface area contributed by atoms with Gasteiger partial charge in [-0.2, -0.15) is 9.97 Å². The highest BCUT2D eigenvalue weighted by Crippen LogP contribution is 2.24. The van der Waals surface area contributed by atoms with E-state index in [9.17, 15) is 4.79 Å². The molecular formula is C25H31N7O. The van der Waals surface area contributed by atoms with Crippen LogP contribution in [-0.2, 0) is 0 Å². The third-order valence-electron chi connectivity index (χ3n) is 6.59. The molecule has 5 rings (SSSR count). The molecule has 3 aromatic rings. The number of fused-ring (bicyclic) bond motifs is 1.